The van der Waals surface area contributed by atoms with Crippen LogP contribution in [0.25, 0.3) is 0 Å². The smallest absolute Gasteiger partial charge is 0.00738 e. The van der Waals surface area contributed by atoms with E-state index in [0.29, 0.717) is 11.3 Å². The molecule has 0 saturated heterocycles. The number of hydrogen-bond acceptors (Lipinski definition) is 1. The molecule has 17 heavy (non-hydrogen) atoms. The molecule has 0 amide bonds. The molecule has 0 bridgehead atoms. The van der Waals surface area contributed by atoms with E-state index in [9.17, 15) is 0 Å². The van der Waals surface area contributed by atoms with E-state index in [0.717, 1.165) is 25.0 Å². The highest BCUT2D eigenvalue weighted by molar-refractivity contribution is 5.13. The van der Waals surface area contributed by atoms with E-state index in [-0.39, 0.29) is 5.41 Å². The van der Waals surface area contributed by atoms with Crippen molar-refractivity contribution in [1.29, 1.82) is 0 Å². The van der Waals surface area contributed by atoms with Gasteiger partial charge >= 0.3 is 0 Å². The zero-order valence-corrected chi connectivity index (χ0v) is 12.7. The summed E-state index contributed by atoms with van der Waals surface area (Å²) < 4.78 is 0. The van der Waals surface area contributed by atoms with Crippen molar-refractivity contribution in [3.05, 3.63) is 24.4 Å². The third-order valence-corrected chi connectivity index (χ3v) is 3.62. The molecule has 100 valence electrons. The van der Waals surface area contributed by atoms with Gasteiger partial charge in [-0.2, -0.15) is 0 Å². The van der Waals surface area contributed by atoms with Gasteiger partial charge in [-0.15, -0.1) is 0 Å². The molecule has 0 fully saturated rings. The zero-order chi connectivity index (χ0) is 13.9. The SMILES string of the molecule is C=C(N)CC(=C)C(CC(C)(C)C)C(C)(C)CC. The average molecular weight is 237 g/mol. The molecule has 0 rings (SSSR count). The van der Waals surface area contributed by atoms with Crippen molar-refractivity contribution in [2.45, 2.75) is 60.8 Å². The Balaban J connectivity index is 4.98. The Morgan fingerprint density at radius 3 is 1.88 bits per heavy atom. The molecular weight excluding hydrogens is 206 g/mol. The predicted octanol–water partition coefficient (Wildman–Crippen LogP) is 4.89. The van der Waals surface area contributed by atoms with Crippen LogP contribution in [0.1, 0.15) is 60.8 Å². The number of hydrogen-bond donors (Lipinski definition) is 1. The van der Waals surface area contributed by atoms with Crippen LogP contribution in [0, 0.1) is 16.7 Å². The van der Waals surface area contributed by atoms with Crippen LogP contribution in [0.5, 0.6) is 0 Å². The summed E-state index contributed by atoms with van der Waals surface area (Å²) in [6.07, 6.45) is 3.06. The summed E-state index contributed by atoms with van der Waals surface area (Å²) in [6, 6.07) is 0. The van der Waals surface area contributed by atoms with Gasteiger partial charge in [0, 0.05) is 12.1 Å². The molecule has 0 aliphatic rings. The van der Waals surface area contributed by atoms with Crippen molar-refractivity contribution >= 4 is 0 Å². The number of rotatable bonds is 6. The van der Waals surface area contributed by atoms with Crippen LogP contribution in [0.15, 0.2) is 24.4 Å². The van der Waals surface area contributed by atoms with E-state index < -0.39 is 0 Å². The second kappa shape index (κ2) is 5.75. The van der Waals surface area contributed by atoms with Crippen LogP contribution in [0.3, 0.4) is 0 Å². The van der Waals surface area contributed by atoms with E-state index in [1.165, 1.54) is 5.57 Å². The van der Waals surface area contributed by atoms with Crippen LogP contribution in [-0.2, 0) is 0 Å². The molecule has 1 nitrogen and oxygen atoms in total. The van der Waals surface area contributed by atoms with Crippen LogP contribution >= 0.6 is 0 Å². The first-order valence-corrected chi connectivity index (χ1v) is 6.60. The van der Waals surface area contributed by atoms with E-state index in [1.807, 2.05) is 0 Å². The molecule has 0 aromatic heterocycles. The summed E-state index contributed by atoms with van der Waals surface area (Å²) in [6.45, 7) is 21.8. The average Bonchev–Trinajstić information content (AvgIpc) is 2.11. The summed E-state index contributed by atoms with van der Waals surface area (Å²) in [5.74, 6) is 0.507. The van der Waals surface area contributed by atoms with E-state index >= 15 is 0 Å². The fourth-order valence-corrected chi connectivity index (χ4v) is 2.25. The zero-order valence-electron chi connectivity index (χ0n) is 12.7. The fourth-order valence-electron chi connectivity index (χ4n) is 2.25. The van der Waals surface area contributed by atoms with Crippen LogP contribution in [0.4, 0.5) is 0 Å². The van der Waals surface area contributed by atoms with Crippen LogP contribution in [-0.4, -0.2) is 0 Å². The lowest BCUT2D eigenvalue weighted by atomic mass is 9.66. The molecule has 0 spiro atoms. The summed E-state index contributed by atoms with van der Waals surface area (Å²) in [5, 5.41) is 0. The maximum Gasteiger partial charge on any atom is 0.00738 e. The van der Waals surface area contributed by atoms with Crippen molar-refractivity contribution in [3.63, 3.8) is 0 Å². The van der Waals surface area contributed by atoms with Gasteiger partial charge in [-0.3, -0.25) is 0 Å². The molecule has 0 radical (unpaired) electrons. The summed E-state index contributed by atoms with van der Waals surface area (Å²) in [7, 11) is 0. The van der Waals surface area contributed by atoms with Crippen molar-refractivity contribution in [3.8, 4) is 0 Å². The van der Waals surface area contributed by atoms with Gasteiger partial charge in [-0.05, 0) is 23.2 Å². The minimum Gasteiger partial charge on any atom is -0.402 e. The predicted molar refractivity (Wildman–Crippen MR) is 78.7 cm³/mol. The lowest BCUT2D eigenvalue weighted by Crippen LogP contribution is -2.29. The molecule has 0 aliphatic heterocycles. The Morgan fingerprint density at radius 1 is 1.12 bits per heavy atom. The standard InChI is InChI=1S/C16H31N/c1-9-16(7,8)14(11-15(4,5)6)12(2)10-13(3)17/h14H,2-3,9-11,17H2,1,4-8H3. The van der Waals surface area contributed by atoms with Gasteiger partial charge in [-0.1, -0.05) is 66.7 Å². The van der Waals surface area contributed by atoms with Gasteiger partial charge in [0.05, 0.1) is 0 Å². The van der Waals surface area contributed by atoms with Crippen molar-refractivity contribution in [2.75, 3.05) is 0 Å². The van der Waals surface area contributed by atoms with Crippen molar-refractivity contribution < 1.29 is 0 Å². The second-order valence-electron chi connectivity index (χ2n) is 7.15. The molecule has 0 aromatic rings. The quantitative estimate of drug-likeness (QED) is 0.654. The fraction of sp³-hybridized carbons (Fsp3) is 0.750. The summed E-state index contributed by atoms with van der Waals surface area (Å²) in [4.78, 5) is 0. The minimum absolute atomic E-state index is 0.278. The van der Waals surface area contributed by atoms with E-state index in [2.05, 4.69) is 54.7 Å². The Kier molecular flexibility index (Phi) is 5.51. The minimum atomic E-state index is 0.278. The molecule has 0 saturated carbocycles. The maximum atomic E-state index is 5.72. The molecule has 1 atom stereocenters. The Hall–Kier alpha value is -0.720. The molecule has 1 unspecified atom stereocenters. The molecule has 1 heteroatoms. The molecule has 2 N–H and O–H groups in total. The van der Waals surface area contributed by atoms with E-state index in [1.54, 1.807) is 0 Å². The first-order valence-electron chi connectivity index (χ1n) is 6.60. The van der Waals surface area contributed by atoms with Crippen molar-refractivity contribution in [1.82, 2.24) is 0 Å². The highest BCUT2D eigenvalue weighted by Gasteiger charge is 2.32. The Labute approximate surface area is 108 Å². The van der Waals surface area contributed by atoms with Gasteiger partial charge in [0.1, 0.15) is 0 Å². The highest BCUT2D eigenvalue weighted by Crippen LogP contribution is 2.43. The lowest BCUT2D eigenvalue weighted by Gasteiger charge is -2.39. The third-order valence-electron chi connectivity index (χ3n) is 3.62. The largest absolute Gasteiger partial charge is 0.402 e. The normalized spacial score (nSPS) is 14.5. The molecule has 0 heterocycles. The maximum absolute atomic E-state index is 5.72. The number of allylic oxidation sites excluding steroid dienone is 1. The van der Waals surface area contributed by atoms with Gasteiger partial charge in [0.25, 0.3) is 0 Å². The monoisotopic (exact) mass is 237 g/mol. The molecule has 0 aliphatic carbocycles. The van der Waals surface area contributed by atoms with Gasteiger partial charge in [-0.25, -0.2) is 0 Å². The summed E-state index contributed by atoms with van der Waals surface area (Å²) in [5.41, 5.74) is 8.28. The Morgan fingerprint density at radius 2 is 1.59 bits per heavy atom. The van der Waals surface area contributed by atoms with Crippen LogP contribution in [0.2, 0.25) is 0 Å². The second-order valence-corrected chi connectivity index (χ2v) is 7.15. The van der Waals surface area contributed by atoms with E-state index in [4.69, 9.17) is 5.73 Å². The number of nitrogens with two attached hydrogens (primary N) is 1. The van der Waals surface area contributed by atoms with Gasteiger partial charge < -0.3 is 5.73 Å². The topological polar surface area (TPSA) is 26.0 Å². The van der Waals surface area contributed by atoms with Gasteiger partial charge in [0.15, 0.2) is 0 Å². The third kappa shape index (κ3) is 5.95. The van der Waals surface area contributed by atoms with Gasteiger partial charge in [0.2, 0.25) is 0 Å². The first kappa shape index (κ1) is 16.3. The highest BCUT2D eigenvalue weighted by atomic mass is 14.6. The first-order chi connectivity index (χ1) is 7.49. The van der Waals surface area contributed by atoms with Crippen LogP contribution < -0.4 is 5.73 Å². The molecule has 0 aromatic carbocycles. The Bertz CT molecular complexity index is 278. The van der Waals surface area contributed by atoms with Crippen molar-refractivity contribution in [2.24, 2.45) is 22.5 Å². The molecular formula is C16H31N. The lowest BCUT2D eigenvalue weighted by molar-refractivity contribution is 0.170. The summed E-state index contributed by atoms with van der Waals surface area (Å²) >= 11 is 0.